The highest BCUT2D eigenvalue weighted by Gasteiger charge is 2.23. The minimum atomic E-state index is 0.125. The first-order valence-electron chi connectivity index (χ1n) is 10.3. The van der Waals surface area contributed by atoms with Gasteiger partial charge in [-0.15, -0.1) is 0 Å². The third-order valence-corrected chi connectivity index (χ3v) is 5.87. The zero-order valence-corrected chi connectivity index (χ0v) is 16.9. The Bertz CT molecular complexity index is 1130. The monoisotopic (exact) mass is 387 g/mol. The molecule has 0 unspecified atom stereocenters. The van der Waals surface area contributed by atoms with Gasteiger partial charge in [-0.2, -0.15) is 0 Å². The van der Waals surface area contributed by atoms with E-state index in [4.69, 9.17) is 9.97 Å². The van der Waals surface area contributed by atoms with E-state index in [2.05, 4.69) is 29.3 Å². The van der Waals surface area contributed by atoms with Gasteiger partial charge in [-0.3, -0.25) is 4.79 Å². The van der Waals surface area contributed by atoms with Gasteiger partial charge in [0, 0.05) is 50.1 Å². The van der Waals surface area contributed by atoms with Crippen molar-refractivity contribution in [1.82, 2.24) is 19.7 Å². The first-order valence-corrected chi connectivity index (χ1v) is 10.3. The van der Waals surface area contributed by atoms with Crippen LogP contribution in [-0.4, -0.2) is 45.8 Å². The lowest BCUT2D eigenvalue weighted by Gasteiger charge is -2.35. The minimum Gasteiger partial charge on any atom is -0.351 e. The maximum absolute atomic E-state index is 12.9. The number of aryl methyl sites for hydroxylation is 2. The van der Waals surface area contributed by atoms with Crippen LogP contribution < -0.4 is 10.2 Å². The number of carbonyl (C=O) groups excluding carboxylic acids is 1. The van der Waals surface area contributed by atoms with E-state index < -0.39 is 0 Å². The average Bonchev–Trinajstić information content (AvgIpc) is 3.06. The molecule has 6 heteroatoms. The van der Waals surface area contributed by atoms with Crippen LogP contribution in [0.25, 0.3) is 17.3 Å². The van der Waals surface area contributed by atoms with Gasteiger partial charge in [-0.1, -0.05) is 0 Å². The summed E-state index contributed by atoms with van der Waals surface area (Å²) in [5.41, 5.74) is 5.43. The normalized spacial score (nSPS) is 19.8. The lowest BCUT2D eigenvalue weighted by Crippen LogP contribution is -2.50. The SMILES string of the molecule is Cc1ccn2cc(C3=Cc4ccc(N5CCNC[C@@H]5C)nc4CCC3=O)nc2c1. The third kappa shape index (κ3) is 3.34. The predicted octanol–water partition coefficient (Wildman–Crippen LogP) is 2.89. The number of Topliss-reactive ketones (excluding diaryl/α,β-unsaturated/α-hetero) is 1. The van der Waals surface area contributed by atoms with E-state index in [9.17, 15) is 4.79 Å². The molecular weight excluding hydrogens is 362 g/mol. The smallest absolute Gasteiger partial charge is 0.165 e. The standard InChI is InChI=1S/C23H25N5O/c1-15-7-9-27-14-20(26-23(27)11-15)18-12-17-3-6-22(25-19(17)4-5-21(18)29)28-10-8-24-13-16(28)2/h3,6-7,9,11-12,14,16,24H,4-5,8,10,13H2,1-2H3/t16-/m0/s1. The van der Waals surface area contributed by atoms with E-state index >= 15 is 0 Å². The number of imidazole rings is 1. The molecule has 5 rings (SSSR count). The molecule has 1 saturated heterocycles. The Morgan fingerprint density at radius 3 is 2.93 bits per heavy atom. The topological polar surface area (TPSA) is 62.5 Å². The Hall–Kier alpha value is -2.99. The van der Waals surface area contributed by atoms with E-state index in [1.165, 1.54) is 0 Å². The number of fused-ring (bicyclic) bond motifs is 2. The second kappa shape index (κ2) is 7.12. The average molecular weight is 387 g/mol. The van der Waals surface area contributed by atoms with Gasteiger partial charge in [0.25, 0.3) is 0 Å². The summed E-state index contributed by atoms with van der Waals surface area (Å²) in [7, 11) is 0. The number of nitrogens with one attached hydrogen (secondary N) is 1. The van der Waals surface area contributed by atoms with Gasteiger partial charge in [-0.25, -0.2) is 9.97 Å². The first kappa shape index (κ1) is 18.1. The first-order chi connectivity index (χ1) is 14.1. The summed E-state index contributed by atoms with van der Waals surface area (Å²) in [5, 5.41) is 3.42. The van der Waals surface area contributed by atoms with Crippen LogP contribution in [-0.2, 0) is 11.2 Å². The quantitative estimate of drug-likeness (QED) is 0.733. The fraction of sp³-hybridized carbons (Fsp3) is 0.348. The molecule has 1 fully saturated rings. The summed E-state index contributed by atoms with van der Waals surface area (Å²) in [4.78, 5) is 24.9. The number of pyridine rings is 2. The number of hydrogen-bond acceptors (Lipinski definition) is 5. The summed E-state index contributed by atoms with van der Waals surface area (Å²) in [5.74, 6) is 1.13. The molecule has 0 aromatic carbocycles. The van der Waals surface area contributed by atoms with Crippen molar-refractivity contribution in [2.45, 2.75) is 32.7 Å². The molecule has 3 aromatic heterocycles. The van der Waals surface area contributed by atoms with Crippen molar-refractivity contribution in [3.63, 3.8) is 0 Å². The van der Waals surface area contributed by atoms with Crippen LogP contribution in [0.5, 0.6) is 0 Å². The van der Waals surface area contributed by atoms with Gasteiger partial charge >= 0.3 is 0 Å². The molecule has 2 aliphatic rings. The van der Waals surface area contributed by atoms with Gasteiger partial charge in [-0.05, 0) is 61.7 Å². The van der Waals surface area contributed by atoms with Gasteiger partial charge in [0.05, 0.1) is 11.4 Å². The van der Waals surface area contributed by atoms with Crippen LogP contribution in [0, 0.1) is 6.92 Å². The van der Waals surface area contributed by atoms with Crippen LogP contribution in [0.3, 0.4) is 0 Å². The molecule has 1 aliphatic heterocycles. The van der Waals surface area contributed by atoms with Gasteiger partial charge in [0.2, 0.25) is 0 Å². The van der Waals surface area contributed by atoms with Crippen molar-refractivity contribution >= 4 is 28.9 Å². The highest BCUT2D eigenvalue weighted by Crippen LogP contribution is 2.28. The maximum atomic E-state index is 12.9. The molecule has 3 aromatic rings. The van der Waals surface area contributed by atoms with Crippen LogP contribution in [0.1, 0.15) is 35.9 Å². The van der Waals surface area contributed by atoms with E-state index in [1.54, 1.807) is 0 Å². The molecule has 1 atom stereocenters. The predicted molar refractivity (Wildman–Crippen MR) is 115 cm³/mol. The van der Waals surface area contributed by atoms with Gasteiger partial charge < -0.3 is 14.6 Å². The largest absolute Gasteiger partial charge is 0.351 e. The molecule has 0 amide bonds. The Labute approximate surface area is 170 Å². The fourth-order valence-electron chi connectivity index (χ4n) is 4.21. The number of nitrogens with zero attached hydrogens (tertiary/aromatic N) is 4. The Kier molecular flexibility index (Phi) is 4.43. The summed E-state index contributed by atoms with van der Waals surface area (Å²) in [6, 6.07) is 8.67. The number of aromatic nitrogens is 3. The number of rotatable bonds is 2. The van der Waals surface area contributed by atoms with E-state index in [0.29, 0.717) is 24.5 Å². The fourth-order valence-corrected chi connectivity index (χ4v) is 4.21. The molecular formula is C23H25N5O. The van der Waals surface area contributed by atoms with Gasteiger partial charge in [0.1, 0.15) is 11.5 Å². The van der Waals surface area contributed by atoms with E-state index in [-0.39, 0.29) is 5.78 Å². The Morgan fingerprint density at radius 2 is 2.07 bits per heavy atom. The van der Waals surface area contributed by atoms with Crippen molar-refractivity contribution < 1.29 is 4.79 Å². The molecule has 0 saturated carbocycles. The van der Waals surface area contributed by atoms with Gasteiger partial charge in [0.15, 0.2) is 5.78 Å². The second-order valence-electron chi connectivity index (χ2n) is 8.03. The highest BCUT2D eigenvalue weighted by molar-refractivity contribution is 6.25. The molecule has 29 heavy (non-hydrogen) atoms. The lowest BCUT2D eigenvalue weighted by molar-refractivity contribution is -0.113. The number of piperazine rings is 1. The number of ketones is 1. The summed E-state index contributed by atoms with van der Waals surface area (Å²) in [6.45, 7) is 7.15. The molecule has 0 radical (unpaired) electrons. The van der Waals surface area contributed by atoms with Crippen LogP contribution in [0.4, 0.5) is 5.82 Å². The molecule has 1 aliphatic carbocycles. The number of hydrogen-bond donors (Lipinski definition) is 1. The molecule has 0 bridgehead atoms. The molecule has 1 N–H and O–H groups in total. The second-order valence-corrected chi connectivity index (χ2v) is 8.03. The van der Waals surface area contributed by atoms with Crippen molar-refractivity contribution in [2.75, 3.05) is 24.5 Å². The lowest BCUT2D eigenvalue weighted by atomic mass is 10.1. The van der Waals surface area contributed by atoms with Crippen molar-refractivity contribution in [2.24, 2.45) is 0 Å². The van der Waals surface area contributed by atoms with Crippen molar-refractivity contribution in [3.05, 3.63) is 59.2 Å². The van der Waals surface area contributed by atoms with Crippen molar-refractivity contribution in [1.29, 1.82) is 0 Å². The molecule has 6 nitrogen and oxygen atoms in total. The maximum Gasteiger partial charge on any atom is 0.165 e. The summed E-state index contributed by atoms with van der Waals surface area (Å²) >= 11 is 0. The minimum absolute atomic E-state index is 0.125. The van der Waals surface area contributed by atoms with E-state index in [0.717, 1.165) is 53.6 Å². The zero-order valence-electron chi connectivity index (χ0n) is 16.9. The summed E-state index contributed by atoms with van der Waals surface area (Å²) < 4.78 is 1.97. The molecule has 0 spiro atoms. The Balaban J connectivity index is 1.53. The van der Waals surface area contributed by atoms with Crippen molar-refractivity contribution in [3.8, 4) is 0 Å². The molecule has 4 heterocycles. The third-order valence-electron chi connectivity index (χ3n) is 5.87. The number of allylic oxidation sites excluding steroid dienone is 1. The Morgan fingerprint density at radius 1 is 1.17 bits per heavy atom. The molecule has 148 valence electrons. The highest BCUT2D eigenvalue weighted by atomic mass is 16.1. The number of carbonyl (C=O) groups is 1. The van der Waals surface area contributed by atoms with Crippen LogP contribution in [0.2, 0.25) is 0 Å². The zero-order chi connectivity index (χ0) is 20.0. The van der Waals surface area contributed by atoms with Crippen LogP contribution in [0.15, 0.2) is 36.7 Å². The van der Waals surface area contributed by atoms with Crippen LogP contribution >= 0.6 is 0 Å². The summed E-state index contributed by atoms with van der Waals surface area (Å²) in [6.07, 6.45) is 7.01. The van der Waals surface area contributed by atoms with E-state index in [1.807, 2.05) is 41.9 Å². The number of anilines is 1.